The third-order valence-corrected chi connectivity index (χ3v) is 2.97. The molecule has 0 bridgehead atoms. The molecule has 0 heterocycles. The maximum absolute atomic E-state index is 12.0. The van der Waals surface area contributed by atoms with E-state index in [1.54, 1.807) is 12.1 Å². The first-order chi connectivity index (χ1) is 9.29. The van der Waals surface area contributed by atoms with Crippen molar-refractivity contribution in [2.75, 3.05) is 13.1 Å². The molecule has 0 saturated heterocycles. The Kier molecular flexibility index (Phi) is 5.79. The molecule has 0 radical (unpaired) electrons. The average molecular weight is 319 g/mol. The van der Waals surface area contributed by atoms with Gasteiger partial charge in [0.15, 0.2) is 0 Å². The van der Waals surface area contributed by atoms with E-state index in [1.807, 2.05) is 0 Å². The number of carboxylic acid groups (broad SMARTS) is 1. The second-order valence-corrected chi connectivity index (χ2v) is 4.87. The quantitative estimate of drug-likeness (QED) is 0.814. The number of aliphatic carboxylic acids is 1. The molecule has 8 heteroatoms. The Morgan fingerprint density at radius 2 is 1.85 bits per heavy atom. The van der Waals surface area contributed by atoms with Crippen LogP contribution in [0, 0.1) is 0 Å². The Hall–Kier alpha value is -1.79. The van der Waals surface area contributed by atoms with E-state index >= 15 is 0 Å². The van der Waals surface area contributed by atoms with Gasteiger partial charge in [-0.2, -0.15) is 0 Å². The molecule has 0 saturated carbocycles. The van der Waals surface area contributed by atoms with Gasteiger partial charge < -0.3 is 15.7 Å². The summed E-state index contributed by atoms with van der Waals surface area (Å²) in [4.78, 5) is 34.4. The van der Waals surface area contributed by atoms with Crippen LogP contribution in [0.3, 0.4) is 0 Å². The van der Waals surface area contributed by atoms with Gasteiger partial charge in [-0.25, -0.2) is 0 Å². The number of benzene rings is 1. The van der Waals surface area contributed by atoms with Gasteiger partial charge in [0, 0.05) is 10.0 Å². The average Bonchev–Trinajstić information content (AvgIpc) is 2.30. The number of primary amides is 1. The number of amides is 2. The van der Waals surface area contributed by atoms with E-state index in [-0.39, 0.29) is 6.42 Å². The number of hydrogen-bond acceptors (Lipinski definition) is 3. The van der Waals surface area contributed by atoms with E-state index < -0.39 is 30.9 Å². The first-order valence-corrected chi connectivity index (χ1v) is 6.27. The van der Waals surface area contributed by atoms with Gasteiger partial charge in [-0.3, -0.25) is 14.4 Å². The number of halogens is 2. The summed E-state index contributed by atoms with van der Waals surface area (Å²) >= 11 is 11.7. The second-order valence-electron chi connectivity index (χ2n) is 4.02. The fraction of sp³-hybridized carbons (Fsp3) is 0.250. The van der Waals surface area contributed by atoms with Crippen LogP contribution in [0.5, 0.6) is 0 Å². The minimum Gasteiger partial charge on any atom is -0.480 e. The molecule has 1 rings (SSSR count). The molecule has 0 aromatic heterocycles. The molecule has 0 aliphatic heterocycles. The van der Waals surface area contributed by atoms with Crippen molar-refractivity contribution in [3.05, 3.63) is 33.8 Å². The summed E-state index contributed by atoms with van der Waals surface area (Å²) in [6.07, 6.45) is -0.142. The molecular weight excluding hydrogens is 307 g/mol. The van der Waals surface area contributed by atoms with E-state index in [0.29, 0.717) is 15.6 Å². The Morgan fingerprint density at radius 1 is 1.20 bits per heavy atom. The zero-order valence-corrected chi connectivity index (χ0v) is 11.8. The summed E-state index contributed by atoms with van der Waals surface area (Å²) < 4.78 is 0. The highest BCUT2D eigenvalue weighted by Crippen LogP contribution is 2.21. The van der Waals surface area contributed by atoms with Crippen LogP contribution in [-0.2, 0) is 20.8 Å². The number of carbonyl (C=O) groups is 3. The highest BCUT2D eigenvalue weighted by molar-refractivity contribution is 6.35. The van der Waals surface area contributed by atoms with E-state index in [2.05, 4.69) is 0 Å². The summed E-state index contributed by atoms with van der Waals surface area (Å²) in [5.74, 6) is -2.58. The predicted molar refractivity (Wildman–Crippen MR) is 73.6 cm³/mol. The normalized spacial score (nSPS) is 10.1. The van der Waals surface area contributed by atoms with Crippen LogP contribution >= 0.6 is 23.2 Å². The van der Waals surface area contributed by atoms with Crippen LogP contribution in [0.1, 0.15) is 5.56 Å². The molecule has 6 nitrogen and oxygen atoms in total. The van der Waals surface area contributed by atoms with Gasteiger partial charge >= 0.3 is 5.97 Å². The molecule has 3 N–H and O–H groups in total. The van der Waals surface area contributed by atoms with Crippen LogP contribution < -0.4 is 5.73 Å². The smallest absolute Gasteiger partial charge is 0.323 e. The molecule has 108 valence electrons. The van der Waals surface area contributed by atoms with E-state index in [4.69, 9.17) is 34.0 Å². The van der Waals surface area contributed by atoms with Crippen molar-refractivity contribution in [1.82, 2.24) is 4.90 Å². The van der Waals surface area contributed by atoms with Crippen LogP contribution in [0.4, 0.5) is 0 Å². The van der Waals surface area contributed by atoms with Crippen molar-refractivity contribution >= 4 is 41.0 Å². The minimum atomic E-state index is -1.23. The molecule has 20 heavy (non-hydrogen) atoms. The fourth-order valence-corrected chi connectivity index (χ4v) is 2.00. The van der Waals surface area contributed by atoms with Gasteiger partial charge in [-0.15, -0.1) is 0 Å². The lowest BCUT2D eigenvalue weighted by Gasteiger charge is -2.19. The molecule has 1 aromatic carbocycles. The van der Waals surface area contributed by atoms with Gasteiger partial charge in [0.1, 0.15) is 6.54 Å². The van der Waals surface area contributed by atoms with Gasteiger partial charge in [0.25, 0.3) is 0 Å². The minimum absolute atomic E-state index is 0.142. The third kappa shape index (κ3) is 5.07. The molecule has 0 spiro atoms. The first kappa shape index (κ1) is 16.3. The van der Waals surface area contributed by atoms with Crippen molar-refractivity contribution in [3.8, 4) is 0 Å². The Bertz CT molecular complexity index is 532. The van der Waals surface area contributed by atoms with Crippen molar-refractivity contribution in [3.63, 3.8) is 0 Å². The molecule has 0 atom stereocenters. The standard InChI is InChI=1S/C12H12Cl2N2O4/c13-8-2-1-7(9(14)4-8)3-11(18)16(5-10(15)17)6-12(19)20/h1-2,4H,3,5-6H2,(H2,15,17)(H,19,20). The van der Waals surface area contributed by atoms with Crippen molar-refractivity contribution in [1.29, 1.82) is 0 Å². The summed E-state index contributed by atoms with van der Waals surface area (Å²) in [5.41, 5.74) is 5.47. The number of hydrogen-bond donors (Lipinski definition) is 2. The van der Waals surface area contributed by atoms with Crippen LogP contribution in [0.15, 0.2) is 18.2 Å². The van der Waals surface area contributed by atoms with Crippen molar-refractivity contribution < 1.29 is 19.5 Å². The van der Waals surface area contributed by atoms with E-state index in [0.717, 1.165) is 4.90 Å². The van der Waals surface area contributed by atoms with Gasteiger partial charge in [-0.05, 0) is 17.7 Å². The maximum atomic E-state index is 12.0. The third-order valence-electron chi connectivity index (χ3n) is 2.38. The summed E-state index contributed by atoms with van der Waals surface area (Å²) in [6, 6.07) is 4.60. The Labute approximate surface area is 125 Å². The number of nitrogens with zero attached hydrogens (tertiary/aromatic N) is 1. The van der Waals surface area contributed by atoms with Gasteiger partial charge in [0.05, 0.1) is 13.0 Å². The summed E-state index contributed by atoms with van der Waals surface area (Å²) in [5, 5.41) is 9.43. The van der Waals surface area contributed by atoms with Crippen LogP contribution in [-0.4, -0.2) is 40.9 Å². The van der Waals surface area contributed by atoms with E-state index in [9.17, 15) is 14.4 Å². The highest BCUT2D eigenvalue weighted by atomic mass is 35.5. The van der Waals surface area contributed by atoms with Gasteiger partial charge in [0.2, 0.25) is 11.8 Å². The SMILES string of the molecule is NC(=O)CN(CC(=O)O)C(=O)Cc1ccc(Cl)cc1Cl. The van der Waals surface area contributed by atoms with Crippen LogP contribution in [0.2, 0.25) is 10.0 Å². The molecule has 0 fully saturated rings. The second kappa shape index (κ2) is 7.12. The van der Waals surface area contributed by atoms with Crippen LogP contribution in [0.25, 0.3) is 0 Å². The Balaban J connectivity index is 2.84. The van der Waals surface area contributed by atoms with Crippen molar-refractivity contribution in [2.45, 2.75) is 6.42 Å². The van der Waals surface area contributed by atoms with Crippen molar-refractivity contribution in [2.24, 2.45) is 5.73 Å². The lowest BCUT2D eigenvalue weighted by atomic mass is 10.1. The zero-order chi connectivity index (χ0) is 15.3. The fourth-order valence-electron chi connectivity index (χ4n) is 1.52. The lowest BCUT2D eigenvalue weighted by Crippen LogP contribution is -2.42. The Morgan fingerprint density at radius 3 is 2.35 bits per heavy atom. The molecular formula is C12H12Cl2N2O4. The molecule has 0 aliphatic rings. The number of nitrogens with two attached hydrogens (primary N) is 1. The summed E-state index contributed by atoms with van der Waals surface area (Å²) in [6.45, 7) is -1.07. The van der Waals surface area contributed by atoms with E-state index in [1.165, 1.54) is 6.07 Å². The number of rotatable bonds is 6. The highest BCUT2D eigenvalue weighted by Gasteiger charge is 2.19. The monoisotopic (exact) mass is 318 g/mol. The molecule has 1 aromatic rings. The first-order valence-electron chi connectivity index (χ1n) is 5.51. The molecule has 0 unspecified atom stereocenters. The largest absolute Gasteiger partial charge is 0.480 e. The van der Waals surface area contributed by atoms with Gasteiger partial charge in [-0.1, -0.05) is 29.3 Å². The lowest BCUT2D eigenvalue weighted by molar-refractivity contribution is -0.145. The predicted octanol–water partition coefficient (Wildman–Crippen LogP) is 0.934. The summed E-state index contributed by atoms with van der Waals surface area (Å²) in [7, 11) is 0. The maximum Gasteiger partial charge on any atom is 0.323 e. The molecule has 0 aliphatic carbocycles. The topological polar surface area (TPSA) is 101 Å². The zero-order valence-electron chi connectivity index (χ0n) is 10.3. The number of carbonyl (C=O) groups excluding carboxylic acids is 2. The number of carboxylic acids is 1. The molecule has 2 amide bonds.